The van der Waals surface area contributed by atoms with E-state index in [0.29, 0.717) is 25.5 Å². The lowest BCUT2D eigenvalue weighted by molar-refractivity contribution is 0.169. The Hall–Kier alpha value is -2.30. The lowest BCUT2D eigenvalue weighted by atomic mass is 10.1. The third kappa shape index (κ3) is 2.63. The molecule has 0 atom stereocenters. The maximum absolute atomic E-state index is 12.4. The number of nitrogens with zero attached hydrogens (tertiary/aromatic N) is 2. The molecular weight excluding hydrogens is 268 g/mol. The van der Waals surface area contributed by atoms with E-state index >= 15 is 0 Å². The molecule has 2 aromatic rings. The van der Waals surface area contributed by atoms with E-state index in [9.17, 15) is 4.79 Å². The zero-order valence-electron chi connectivity index (χ0n) is 12.2. The molecule has 0 bridgehead atoms. The van der Waals surface area contributed by atoms with Crippen molar-refractivity contribution in [1.29, 1.82) is 0 Å². The van der Waals surface area contributed by atoms with E-state index in [-0.39, 0.29) is 11.5 Å². The van der Waals surface area contributed by atoms with Crippen LogP contribution in [0.2, 0.25) is 0 Å². The number of ether oxygens (including phenoxy) is 2. The topological polar surface area (TPSA) is 53.4 Å². The highest BCUT2D eigenvalue weighted by Gasteiger charge is 2.17. The van der Waals surface area contributed by atoms with E-state index in [0.717, 1.165) is 17.1 Å². The molecule has 0 spiro atoms. The van der Waals surface area contributed by atoms with Crippen molar-refractivity contribution in [3.63, 3.8) is 0 Å². The molecule has 5 heteroatoms. The lowest BCUT2D eigenvalue weighted by Crippen LogP contribution is -2.26. The van der Waals surface area contributed by atoms with Crippen LogP contribution in [0.1, 0.15) is 31.0 Å². The Labute approximate surface area is 123 Å². The van der Waals surface area contributed by atoms with E-state index in [4.69, 9.17) is 9.47 Å². The monoisotopic (exact) mass is 286 g/mol. The SMILES string of the molecule is CC(C)c1nccn(Cc2cccc3c2OCCO3)c1=O. The average Bonchev–Trinajstić information content (AvgIpc) is 2.49. The summed E-state index contributed by atoms with van der Waals surface area (Å²) < 4.78 is 12.9. The molecule has 0 saturated heterocycles. The van der Waals surface area contributed by atoms with Crippen LogP contribution in [0.5, 0.6) is 11.5 Å². The third-order valence-electron chi connectivity index (χ3n) is 3.48. The lowest BCUT2D eigenvalue weighted by Gasteiger charge is -2.21. The first-order chi connectivity index (χ1) is 10.2. The molecule has 1 aliphatic rings. The van der Waals surface area contributed by atoms with Crippen molar-refractivity contribution >= 4 is 0 Å². The number of benzene rings is 1. The molecule has 1 aromatic heterocycles. The zero-order chi connectivity index (χ0) is 14.8. The molecule has 3 rings (SSSR count). The smallest absolute Gasteiger partial charge is 0.272 e. The van der Waals surface area contributed by atoms with Gasteiger partial charge in [0.25, 0.3) is 5.56 Å². The molecule has 0 aliphatic carbocycles. The van der Waals surface area contributed by atoms with Crippen LogP contribution in [0.25, 0.3) is 0 Å². The van der Waals surface area contributed by atoms with Crippen molar-refractivity contribution in [2.75, 3.05) is 13.2 Å². The fourth-order valence-corrected chi connectivity index (χ4v) is 2.43. The minimum atomic E-state index is -0.0539. The third-order valence-corrected chi connectivity index (χ3v) is 3.48. The van der Waals surface area contributed by atoms with Gasteiger partial charge in [0, 0.05) is 23.9 Å². The maximum Gasteiger partial charge on any atom is 0.272 e. The number of fused-ring (bicyclic) bond motifs is 1. The number of rotatable bonds is 3. The Bertz CT molecular complexity index is 707. The summed E-state index contributed by atoms with van der Waals surface area (Å²) >= 11 is 0. The van der Waals surface area contributed by atoms with Gasteiger partial charge in [0.2, 0.25) is 0 Å². The fourth-order valence-electron chi connectivity index (χ4n) is 2.43. The van der Waals surface area contributed by atoms with Crippen LogP contribution < -0.4 is 15.0 Å². The van der Waals surface area contributed by atoms with Crippen LogP contribution in [0, 0.1) is 0 Å². The van der Waals surface area contributed by atoms with Crippen molar-refractivity contribution < 1.29 is 9.47 Å². The second kappa shape index (κ2) is 5.60. The number of hydrogen-bond donors (Lipinski definition) is 0. The number of para-hydroxylation sites is 1. The summed E-state index contributed by atoms with van der Waals surface area (Å²) in [7, 11) is 0. The zero-order valence-corrected chi connectivity index (χ0v) is 12.2. The second-order valence-corrected chi connectivity index (χ2v) is 5.34. The van der Waals surface area contributed by atoms with Crippen LogP contribution in [-0.2, 0) is 6.54 Å². The van der Waals surface area contributed by atoms with E-state index in [2.05, 4.69) is 4.98 Å². The van der Waals surface area contributed by atoms with Gasteiger partial charge in [0.15, 0.2) is 11.5 Å². The van der Waals surface area contributed by atoms with Crippen LogP contribution in [0.15, 0.2) is 35.4 Å². The first-order valence-electron chi connectivity index (χ1n) is 7.09. The quantitative estimate of drug-likeness (QED) is 0.868. The van der Waals surface area contributed by atoms with Gasteiger partial charge in [0.05, 0.1) is 6.54 Å². The van der Waals surface area contributed by atoms with Gasteiger partial charge in [-0.3, -0.25) is 9.78 Å². The van der Waals surface area contributed by atoms with Gasteiger partial charge in [-0.2, -0.15) is 0 Å². The molecule has 110 valence electrons. The number of aromatic nitrogens is 2. The molecule has 1 aliphatic heterocycles. The molecule has 0 amide bonds. The second-order valence-electron chi connectivity index (χ2n) is 5.34. The standard InChI is InChI=1S/C16H18N2O3/c1-11(2)14-16(19)18(7-6-17-14)10-12-4-3-5-13-15(12)21-9-8-20-13/h3-7,11H,8-10H2,1-2H3. The summed E-state index contributed by atoms with van der Waals surface area (Å²) in [4.78, 5) is 16.6. The highest BCUT2D eigenvalue weighted by molar-refractivity contribution is 5.47. The summed E-state index contributed by atoms with van der Waals surface area (Å²) in [5.41, 5.74) is 1.47. The maximum atomic E-state index is 12.4. The van der Waals surface area contributed by atoms with Gasteiger partial charge in [0.1, 0.15) is 18.9 Å². The molecule has 21 heavy (non-hydrogen) atoms. The average molecular weight is 286 g/mol. The molecule has 1 aromatic carbocycles. The molecule has 2 heterocycles. The summed E-state index contributed by atoms with van der Waals surface area (Å²) in [5.74, 6) is 1.58. The first-order valence-corrected chi connectivity index (χ1v) is 7.09. The Kier molecular flexibility index (Phi) is 3.64. The molecular formula is C16H18N2O3. The highest BCUT2D eigenvalue weighted by Crippen LogP contribution is 2.33. The summed E-state index contributed by atoms with van der Waals surface area (Å²) in [6.07, 6.45) is 3.38. The van der Waals surface area contributed by atoms with E-state index in [1.54, 1.807) is 17.0 Å². The Morgan fingerprint density at radius 1 is 1.29 bits per heavy atom. The minimum Gasteiger partial charge on any atom is -0.486 e. The van der Waals surface area contributed by atoms with Gasteiger partial charge in [-0.15, -0.1) is 0 Å². The van der Waals surface area contributed by atoms with E-state index in [1.165, 1.54) is 0 Å². The van der Waals surface area contributed by atoms with Crippen molar-refractivity contribution in [2.45, 2.75) is 26.3 Å². The largest absolute Gasteiger partial charge is 0.486 e. The van der Waals surface area contributed by atoms with Crippen molar-refractivity contribution in [2.24, 2.45) is 0 Å². The molecule has 0 fully saturated rings. The van der Waals surface area contributed by atoms with Gasteiger partial charge in [-0.25, -0.2) is 0 Å². The van der Waals surface area contributed by atoms with Crippen molar-refractivity contribution in [1.82, 2.24) is 9.55 Å². The Balaban J connectivity index is 1.98. The predicted octanol–water partition coefficient (Wildman–Crippen LogP) is 2.19. The van der Waals surface area contributed by atoms with Crippen LogP contribution in [-0.4, -0.2) is 22.8 Å². The van der Waals surface area contributed by atoms with Gasteiger partial charge in [-0.1, -0.05) is 26.0 Å². The fraction of sp³-hybridized carbons (Fsp3) is 0.375. The van der Waals surface area contributed by atoms with Crippen molar-refractivity contribution in [3.05, 3.63) is 52.2 Å². The van der Waals surface area contributed by atoms with Crippen molar-refractivity contribution in [3.8, 4) is 11.5 Å². The molecule has 0 unspecified atom stereocenters. The Morgan fingerprint density at radius 3 is 2.90 bits per heavy atom. The normalized spacial score (nSPS) is 13.5. The minimum absolute atomic E-state index is 0.0539. The van der Waals surface area contributed by atoms with E-state index in [1.807, 2.05) is 32.0 Å². The van der Waals surface area contributed by atoms with E-state index < -0.39 is 0 Å². The molecule has 5 nitrogen and oxygen atoms in total. The predicted molar refractivity (Wildman–Crippen MR) is 79.1 cm³/mol. The van der Waals surface area contributed by atoms with Crippen LogP contribution in [0.3, 0.4) is 0 Å². The molecule has 0 saturated carbocycles. The summed E-state index contributed by atoms with van der Waals surface area (Å²) in [5, 5.41) is 0. The van der Waals surface area contributed by atoms with Crippen LogP contribution in [0.4, 0.5) is 0 Å². The van der Waals surface area contributed by atoms with Gasteiger partial charge in [-0.05, 0) is 6.07 Å². The molecule has 0 radical (unpaired) electrons. The summed E-state index contributed by atoms with van der Waals surface area (Å²) in [6.45, 7) is 5.48. The van der Waals surface area contributed by atoms with Gasteiger partial charge < -0.3 is 14.0 Å². The molecule has 0 N–H and O–H groups in total. The highest BCUT2D eigenvalue weighted by atomic mass is 16.6. The first kappa shape index (κ1) is 13.7. The number of hydrogen-bond acceptors (Lipinski definition) is 4. The van der Waals surface area contributed by atoms with Gasteiger partial charge >= 0.3 is 0 Å². The van der Waals surface area contributed by atoms with Crippen LogP contribution >= 0.6 is 0 Å². The summed E-state index contributed by atoms with van der Waals surface area (Å²) in [6, 6.07) is 5.75. The Morgan fingerprint density at radius 2 is 2.10 bits per heavy atom.